The zero-order chi connectivity index (χ0) is 15.8. The minimum absolute atomic E-state index is 0.170. The second-order valence-corrected chi connectivity index (χ2v) is 5.51. The molecule has 2 aliphatic rings. The Hall–Kier alpha value is -3.02. The van der Waals surface area contributed by atoms with E-state index in [0.717, 1.165) is 23.6 Å². The van der Waals surface area contributed by atoms with Crippen molar-refractivity contribution in [3.63, 3.8) is 0 Å². The molecule has 0 saturated carbocycles. The Balaban J connectivity index is 1.71. The van der Waals surface area contributed by atoms with Gasteiger partial charge in [0.05, 0.1) is 6.54 Å². The van der Waals surface area contributed by atoms with Crippen molar-refractivity contribution in [1.29, 1.82) is 0 Å². The maximum Gasteiger partial charge on any atom is 0.135 e. The number of hydrogen-bond acceptors (Lipinski definition) is 6. The van der Waals surface area contributed by atoms with Crippen molar-refractivity contribution in [2.24, 2.45) is 4.99 Å². The molecule has 0 amide bonds. The molecule has 1 aromatic carbocycles. The summed E-state index contributed by atoms with van der Waals surface area (Å²) in [6.07, 6.45) is 4.85. The van der Waals surface area contributed by atoms with E-state index >= 15 is 0 Å². The number of aliphatic imine (C=N–C) groups is 1. The summed E-state index contributed by atoms with van der Waals surface area (Å²) in [6.45, 7) is 1.46. The van der Waals surface area contributed by atoms with E-state index in [-0.39, 0.29) is 17.7 Å². The third kappa shape index (κ3) is 2.38. The molecule has 0 aliphatic carbocycles. The first-order valence-electron chi connectivity index (χ1n) is 7.44. The number of phenols is 1. The Kier molecular flexibility index (Phi) is 3.15. The number of aromatic nitrogens is 1. The number of phenolic OH excluding ortho intramolecular Hbond substituents is 1. The summed E-state index contributed by atoms with van der Waals surface area (Å²) in [4.78, 5) is 10.6. The molecule has 1 atom stereocenters. The molecular weight excluding hydrogens is 292 g/mol. The Bertz CT molecular complexity index is 801. The molecule has 0 saturated heterocycles. The van der Waals surface area contributed by atoms with Crippen LogP contribution in [0.15, 0.2) is 53.8 Å². The average molecular weight is 308 g/mol. The molecule has 4 rings (SSSR count). The number of aromatic hydroxyl groups is 1. The van der Waals surface area contributed by atoms with E-state index in [9.17, 15) is 10.2 Å². The van der Waals surface area contributed by atoms with E-state index in [2.05, 4.69) is 20.2 Å². The Labute approximate surface area is 133 Å². The maximum atomic E-state index is 10.4. The Morgan fingerprint density at radius 1 is 1.35 bits per heavy atom. The van der Waals surface area contributed by atoms with E-state index in [4.69, 9.17) is 0 Å². The highest BCUT2D eigenvalue weighted by molar-refractivity contribution is 6.06. The predicted molar refractivity (Wildman–Crippen MR) is 88.5 cm³/mol. The Morgan fingerprint density at radius 2 is 2.26 bits per heavy atom. The van der Waals surface area contributed by atoms with Gasteiger partial charge < -0.3 is 20.4 Å². The van der Waals surface area contributed by atoms with Gasteiger partial charge in [0, 0.05) is 41.8 Å². The normalized spacial score (nSPS) is 19.7. The molecule has 23 heavy (non-hydrogen) atoms. The van der Waals surface area contributed by atoms with E-state index in [1.807, 2.05) is 12.1 Å². The van der Waals surface area contributed by atoms with Gasteiger partial charge in [-0.1, -0.05) is 0 Å². The molecule has 3 heterocycles. The molecule has 2 aromatic rings. The van der Waals surface area contributed by atoms with Crippen molar-refractivity contribution >= 4 is 17.3 Å². The summed E-state index contributed by atoms with van der Waals surface area (Å²) >= 11 is 0. The lowest BCUT2D eigenvalue weighted by atomic mass is 10.1. The van der Waals surface area contributed by atoms with Gasteiger partial charge in [-0.15, -0.1) is 0 Å². The number of fused-ring (bicyclic) bond motifs is 3. The molecule has 116 valence electrons. The molecule has 1 aromatic heterocycles. The average Bonchev–Trinajstić information content (AvgIpc) is 3.06. The van der Waals surface area contributed by atoms with Crippen LogP contribution in [0.3, 0.4) is 0 Å². The van der Waals surface area contributed by atoms with Gasteiger partial charge >= 0.3 is 0 Å². The van der Waals surface area contributed by atoms with Crippen LogP contribution >= 0.6 is 0 Å². The summed E-state index contributed by atoms with van der Waals surface area (Å²) in [6, 6.07) is 8.77. The van der Waals surface area contributed by atoms with Crippen LogP contribution in [-0.4, -0.2) is 45.2 Å². The van der Waals surface area contributed by atoms with Crippen LogP contribution in [0.5, 0.6) is 5.75 Å². The molecule has 6 nitrogen and oxygen atoms in total. The zero-order valence-electron chi connectivity index (χ0n) is 12.3. The monoisotopic (exact) mass is 308 g/mol. The number of pyridine rings is 1. The van der Waals surface area contributed by atoms with E-state index in [1.54, 1.807) is 36.7 Å². The molecule has 6 heteroatoms. The standard InChI is InChI=1S/C17H16N4O2/c22-12-3-4-14-13(8-12)17-19-6-7-21(17)16(20-14)9-15(23)11-2-1-5-18-10-11/h1-5,8-10,16,20,22-23H,6-7H2/b15-9-. The quantitative estimate of drug-likeness (QED) is 0.585. The SMILES string of the molecule is O/C(=C\C1Nc2ccc(O)cc2C2=NCCN21)c1cccnc1. The fourth-order valence-electron chi connectivity index (χ4n) is 2.94. The van der Waals surface area contributed by atoms with Crippen molar-refractivity contribution in [3.8, 4) is 5.75 Å². The largest absolute Gasteiger partial charge is 0.508 e. The number of benzene rings is 1. The van der Waals surface area contributed by atoms with Crippen molar-refractivity contribution < 1.29 is 10.2 Å². The third-order valence-corrected chi connectivity index (χ3v) is 4.03. The molecule has 0 radical (unpaired) electrons. The minimum Gasteiger partial charge on any atom is -0.508 e. The van der Waals surface area contributed by atoms with Gasteiger partial charge in [0.1, 0.15) is 23.5 Å². The van der Waals surface area contributed by atoms with Crippen molar-refractivity contribution in [1.82, 2.24) is 9.88 Å². The first-order chi connectivity index (χ1) is 11.2. The minimum atomic E-state index is -0.200. The van der Waals surface area contributed by atoms with Gasteiger partial charge in [-0.25, -0.2) is 0 Å². The summed E-state index contributed by atoms with van der Waals surface area (Å²) in [7, 11) is 0. The highest BCUT2D eigenvalue weighted by Gasteiger charge is 2.32. The van der Waals surface area contributed by atoms with E-state index in [0.29, 0.717) is 12.1 Å². The summed E-state index contributed by atoms with van der Waals surface area (Å²) in [5, 5.41) is 23.4. The molecule has 0 fully saturated rings. The molecule has 1 unspecified atom stereocenters. The van der Waals surface area contributed by atoms with E-state index < -0.39 is 0 Å². The van der Waals surface area contributed by atoms with Gasteiger partial charge in [-0.3, -0.25) is 9.98 Å². The van der Waals surface area contributed by atoms with Crippen LogP contribution in [0.25, 0.3) is 5.76 Å². The third-order valence-electron chi connectivity index (χ3n) is 4.03. The van der Waals surface area contributed by atoms with Crippen LogP contribution in [0.2, 0.25) is 0 Å². The maximum absolute atomic E-state index is 10.4. The van der Waals surface area contributed by atoms with Crippen molar-refractivity contribution in [2.45, 2.75) is 6.17 Å². The second kappa shape index (κ2) is 5.31. The first-order valence-corrected chi connectivity index (χ1v) is 7.44. The van der Waals surface area contributed by atoms with Crippen molar-refractivity contribution in [2.75, 3.05) is 18.4 Å². The van der Waals surface area contributed by atoms with Gasteiger partial charge in [0.25, 0.3) is 0 Å². The molecule has 2 aliphatic heterocycles. The van der Waals surface area contributed by atoms with Crippen LogP contribution in [0, 0.1) is 0 Å². The topological polar surface area (TPSA) is 81.0 Å². The predicted octanol–water partition coefficient (Wildman–Crippen LogP) is 2.20. The van der Waals surface area contributed by atoms with Crippen molar-refractivity contribution in [3.05, 3.63) is 59.9 Å². The highest BCUT2D eigenvalue weighted by Crippen LogP contribution is 2.31. The summed E-state index contributed by atoms with van der Waals surface area (Å²) in [5.74, 6) is 1.23. The number of amidine groups is 1. The number of nitrogens with zero attached hydrogens (tertiary/aromatic N) is 3. The molecule has 0 spiro atoms. The van der Waals surface area contributed by atoms with Crippen LogP contribution < -0.4 is 5.32 Å². The zero-order valence-corrected chi connectivity index (χ0v) is 12.3. The molecular formula is C17H16N4O2. The first kappa shape index (κ1) is 13.6. The number of hydrogen-bond donors (Lipinski definition) is 3. The second-order valence-electron chi connectivity index (χ2n) is 5.51. The van der Waals surface area contributed by atoms with Gasteiger partial charge in [-0.05, 0) is 30.3 Å². The van der Waals surface area contributed by atoms with Gasteiger partial charge in [0.2, 0.25) is 0 Å². The number of aliphatic hydroxyl groups excluding tert-OH is 1. The number of anilines is 1. The molecule has 3 N–H and O–H groups in total. The van der Waals surface area contributed by atoms with Crippen LogP contribution in [0.1, 0.15) is 11.1 Å². The van der Waals surface area contributed by atoms with E-state index in [1.165, 1.54) is 0 Å². The summed E-state index contributed by atoms with van der Waals surface area (Å²) in [5.41, 5.74) is 2.44. The van der Waals surface area contributed by atoms with Gasteiger partial charge in [-0.2, -0.15) is 0 Å². The van der Waals surface area contributed by atoms with Crippen LogP contribution in [0.4, 0.5) is 5.69 Å². The fourth-order valence-corrected chi connectivity index (χ4v) is 2.94. The Morgan fingerprint density at radius 3 is 3.09 bits per heavy atom. The lowest BCUT2D eigenvalue weighted by Crippen LogP contribution is -2.46. The molecule has 0 bridgehead atoms. The number of nitrogens with one attached hydrogen (secondary N) is 1. The number of rotatable bonds is 2. The summed E-state index contributed by atoms with van der Waals surface area (Å²) < 4.78 is 0. The lowest BCUT2D eigenvalue weighted by Gasteiger charge is -2.35. The fraction of sp³-hybridized carbons (Fsp3) is 0.176. The number of aliphatic hydroxyl groups is 1. The smallest absolute Gasteiger partial charge is 0.135 e. The lowest BCUT2D eigenvalue weighted by molar-refractivity contribution is 0.406. The van der Waals surface area contributed by atoms with Gasteiger partial charge in [0.15, 0.2) is 0 Å². The van der Waals surface area contributed by atoms with Crippen LogP contribution in [-0.2, 0) is 0 Å². The highest BCUT2D eigenvalue weighted by atomic mass is 16.3.